The Labute approximate surface area is 155 Å². The van der Waals surface area contributed by atoms with Crippen molar-refractivity contribution in [1.29, 1.82) is 0 Å². The van der Waals surface area contributed by atoms with Gasteiger partial charge in [-0.05, 0) is 35.4 Å². The van der Waals surface area contributed by atoms with E-state index in [1.165, 1.54) is 0 Å². The largest absolute Gasteiger partial charge is 0.365 e. The van der Waals surface area contributed by atoms with E-state index in [0.29, 0.717) is 16.7 Å². The molecular formula is C18H15Cl3N2O. The van der Waals surface area contributed by atoms with Crippen LogP contribution in [0.2, 0.25) is 10.0 Å². The highest BCUT2D eigenvalue weighted by Crippen LogP contribution is 2.34. The summed E-state index contributed by atoms with van der Waals surface area (Å²) in [6.45, 7) is 0.419. The lowest BCUT2D eigenvalue weighted by atomic mass is 10.1. The lowest BCUT2D eigenvalue weighted by Crippen LogP contribution is -2.15. The maximum atomic E-state index is 6.62. The van der Waals surface area contributed by atoms with E-state index in [1.54, 1.807) is 12.5 Å². The number of imidazole rings is 1. The van der Waals surface area contributed by atoms with E-state index in [4.69, 9.17) is 39.5 Å². The van der Waals surface area contributed by atoms with E-state index in [0.717, 1.165) is 11.1 Å². The molecule has 124 valence electrons. The molecule has 0 radical (unpaired) electrons. The number of aromatic nitrogens is 2. The predicted molar refractivity (Wildman–Crippen MR) is 97.6 cm³/mol. The van der Waals surface area contributed by atoms with Crippen LogP contribution in [0.25, 0.3) is 0 Å². The molecule has 0 aliphatic rings. The standard InChI is InChI=1S/C18H15Cl3N2O/c19-15-5-1-13(2-6-15)11-24-17(14-3-7-16(20)8-4-14)18(21)23-10-9-22-12-23/h1-10,12,17-18H,11H2. The van der Waals surface area contributed by atoms with Gasteiger partial charge in [0.05, 0.1) is 12.9 Å². The van der Waals surface area contributed by atoms with Crippen molar-refractivity contribution < 1.29 is 4.74 Å². The molecule has 2 unspecified atom stereocenters. The van der Waals surface area contributed by atoms with Crippen LogP contribution in [0.5, 0.6) is 0 Å². The summed E-state index contributed by atoms with van der Waals surface area (Å²) in [7, 11) is 0. The van der Waals surface area contributed by atoms with Crippen LogP contribution in [0.15, 0.2) is 67.3 Å². The zero-order chi connectivity index (χ0) is 16.9. The molecule has 6 heteroatoms. The number of nitrogens with zero attached hydrogens (tertiary/aromatic N) is 2. The Morgan fingerprint density at radius 3 is 2.17 bits per heavy atom. The smallest absolute Gasteiger partial charge is 0.139 e. The highest BCUT2D eigenvalue weighted by atomic mass is 35.5. The van der Waals surface area contributed by atoms with E-state index in [2.05, 4.69) is 4.98 Å². The van der Waals surface area contributed by atoms with Crippen molar-refractivity contribution in [3.8, 4) is 0 Å². The molecular weight excluding hydrogens is 367 g/mol. The first-order valence-corrected chi connectivity index (χ1v) is 8.56. The van der Waals surface area contributed by atoms with Crippen molar-refractivity contribution in [1.82, 2.24) is 9.55 Å². The molecule has 0 saturated carbocycles. The van der Waals surface area contributed by atoms with Crippen LogP contribution >= 0.6 is 34.8 Å². The monoisotopic (exact) mass is 380 g/mol. The summed E-state index contributed by atoms with van der Waals surface area (Å²) in [6, 6.07) is 15.0. The SMILES string of the molecule is Clc1ccc(COC(c2ccc(Cl)cc2)C(Cl)n2ccnc2)cc1. The molecule has 0 aliphatic heterocycles. The van der Waals surface area contributed by atoms with Gasteiger partial charge in [-0.1, -0.05) is 59.1 Å². The molecule has 24 heavy (non-hydrogen) atoms. The van der Waals surface area contributed by atoms with Crippen molar-refractivity contribution in [2.75, 3.05) is 0 Å². The zero-order valence-corrected chi connectivity index (χ0v) is 14.9. The molecule has 2 atom stereocenters. The minimum Gasteiger partial charge on any atom is -0.365 e. The lowest BCUT2D eigenvalue weighted by Gasteiger charge is -2.24. The molecule has 3 nitrogen and oxygen atoms in total. The minimum absolute atomic E-state index is 0.353. The molecule has 0 aliphatic carbocycles. The van der Waals surface area contributed by atoms with Gasteiger partial charge in [0, 0.05) is 22.4 Å². The Bertz CT molecular complexity index is 758. The molecule has 2 aromatic carbocycles. The Hall–Kier alpha value is -1.52. The third kappa shape index (κ3) is 4.31. The maximum absolute atomic E-state index is 6.62. The fourth-order valence-corrected chi connectivity index (χ4v) is 2.91. The third-order valence-electron chi connectivity index (χ3n) is 3.60. The fourth-order valence-electron chi connectivity index (χ4n) is 2.33. The summed E-state index contributed by atoms with van der Waals surface area (Å²) in [5.41, 5.74) is 1.54. The Morgan fingerprint density at radius 2 is 1.58 bits per heavy atom. The Balaban J connectivity index is 1.81. The first-order valence-electron chi connectivity index (χ1n) is 7.36. The number of rotatable bonds is 6. The molecule has 1 heterocycles. The van der Waals surface area contributed by atoms with Crippen LogP contribution in [0.3, 0.4) is 0 Å². The molecule has 3 rings (SSSR count). The first-order chi connectivity index (χ1) is 11.6. The van der Waals surface area contributed by atoms with Gasteiger partial charge in [0.25, 0.3) is 0 Å². The summed E-state index contributed by atoms with van der Waals surface area (Å²) < 4.78 is 7.92. The lowest BCUT2D eigenvalue weighted by molar-refractivity contribution is 0.0235. The van der Waals surface area contributed by atoms with Crippen molar-refractivity contribution in [2.45, 2.75) is 18.2 Å². The molecule has 0 fully saturated rings. The molecule has 0 spiro atoms. The van der Waals surface area contributed by atoms with Crippen molar-refractivity contribution in [2.24, 2.45) is 0 Å². The third-order valence-corrected chi connectivity index (χ3v) is 4.56. The summed E-state index contributed by atoms with van der Waals surface area (Å²) in [5, 5.41) is 1.37. The summed E-state index contributed by atoms with van der Waals surface area (Å²) in [5.74, 6) is 0. The van der Waals surface area contributed by atoms with E-state index >= 15 is 0 Å². The van der Waals surface area contributed by atoms with Gasteiger partial charge < -0.3 is 9.30 Å². The van der Waals surface area contributed by atoms with Crippen LogP contribution in [0.4, 0.5) is 0 Å². The quantitative estimate of drug-likeness (QED) is 0.498. The second kappa shape index (κ2) is 8.04. The van der Waals surface area contributed by atoms with Gasteiger partial charge in [-0.15, -0.1) is 0 Å². The van der Waals surface area contributed by atoms with Crippen LogP contribution in [0, 0.1) is 0 Å². The molecule has 0 saturated heterocycles. The normalized spacial score (nSPS) is 13.6. The van der Waals surface area contributed by atoms with Crippen LogP contribution < -0.4 is 0 Å². The van der Waals surface area contributed by atoms with Crippen molar-refractivity contribution in [3.63, 3.8) is 0 Å². The highest BCUT2D eigenvalue weighted by Gasteiger charge is 2.23. The zero-order valence-electron chi connectivity index (χ0n) is 12.6. The van der Waals surface area contributed by atoms with E-state index < -0.39 is 5.50 Å². The highest BCUT2D eigenvalue weighted by molar-refractivity contribution is 6.30. The average Bonchev–Trinajstić information content (AvgIpc) is 3.12. The first kappa shape index (κ1) is 17.3. The van der Waals surface area contributed by atoms with Gasteiger partial charge in [0.1, 0.15) is 11.6 Å². The van der Waals surface area contributed by atoms with Gasteiger partial charge >= 0.3 is 0 Å². The van der Waals surface area contributed by atoms with Crippen molar-refractivity contribution in [3.05, 3.63) is 88.4 Å². The number of benzene rings is 2. The summed E-state index contributed by atoms with van der Waals surface area (Å²) in [6.07, 6.45) is 4.82. The average molecular weight is 382 g/mol. The van der Waals surface area contributed by atoms with Gasteiger partial charge in [0.15, 0.2) is 0 Å². The summed E-state index contributed by atoms with van der Waals surface area (Å²) in [4.78, 5) is 4.05. The molecule has 0 amide bonds. The molecule has 1 aromatic heterocycles. The van der Waals surface area contributed by atoms with Gasteiger partial charge in [0.2, 0.25) is 0 Å². The minimum atomic E-state index is -0.430. The topological polar surface area (TPSA) is 27.1 Å². The summed E-state index contributed by atoms with van der Waals surface area (Å²) >= 11 is 18.5. The van der Waals surface area contributed by atoms with E-state index in [9.17, 15) is 0 Å². The van der Waals surface area contributed by atoms with Crippen LogP contribution in [-0.4, -0.2) is 9.55 Å². The number of hydrogen-bond acceptors (Lipinski definition) is 2. The van der Waals surface area contributed by atoms with E-state index in [-0.39, 0.29) is 6.10 Å². The van der Waals surface area contributed by atoms with Gasteiger partial charge in [-0.25, -0.2) is 4.98 Å². The molecule has 3 aromatic rings. The van der Waals surface area contributed by atoms with Crippen molar-refractivity contribution >= 4 is 34.8 Å². The maximum Gasteiger partial charge on any atom is 0.139 e. The number of ether oxygens (including phenoxy) is 1. The second-order valence-electron chi connectivity index (χ2n) is 5.29. The van der Waals surface area contributed by atoms with Gasteiger partial charge in [-0.3, -0.25) is 0 Å². The number of hydrogen-bond donors (Lipinski definition) is 0. The molecule has 0 N–H and O–H groups in total. The number of alkyl halides is 1. The predicted octanol–water partition coefficient (Wildman–Crippen LogP) is 5.89. The second-order valence-corrected chi connectivity index (χ2v) is 6.61. The fraction of sp³-hybridized carbons (Fsp3) is 0.167. The Morgan fingerprint density at radius 1 is 0.958 bits per heavy atom. The molecule has 0 bridgehead atoms. The van der Waals surface area contributed by atoms with E-state index in [1.807, 2.05) is 59.3 Å². The van der Waals surface area contributed by atoms with Crippen LogP contribution in [-0.2, 0) is 11.3 Å². The van der Waals surface area contributed by atoms with Gasteiger partial charge in [-0.2, -0.15) is 0 Å². The number of halogens is 3. The van der Waals surface area contributed by atoms with Crippen LogP contribution in [0.1, 0.15) is 22.7 Å². The Kier molecular flexibility index (Phi) is 5.80.